The molecule has 33 heavy (non-hydrogen) atoms. The Labute approximate surface area is 199 Å². The summed E-state index contributed by atoms with van der Waals surface area (Å²) in [6.45, 7) is 12.8. The predicted molar refractivity (Wildman–Crippen MR) is 133 cm³/mol. The third kappa shape index (κ3) is 4.18. The van der Waals surface area contributed by atoms with Gasteiger partial charge in [-0.2, -0.15) is 10.4 Å². The zero-order valence-corrected chi connectivity index (χ0v) is 21.2. The molecule has 0 N–H and O–H groups in total. The van der Waals surface area contributed by atoms with E-state index in [1.54, 1.807) is 39.9 Å². The molecule has 0 radical (unpaired) electrons. The van der Waals surface area contributed by atoms with E-state index in [2.05, 4.69) is 55.6 Å². The van der Waals surface area contributed by atoms with E-state index in [0.29, 0.717) is 6.04 Å². The van der Waals surface area contributed by atoms with Gasteiger partial charge in [-0.05, 0) is 33.6 Å². The molecule has 9 heteroatoms. The molecule has 4 heterocycles. The Kier molecular flexibility index (Phi) is 6.59. The van der Waals surface area contributed by atoms with Crippen LogP contribution in [0.15, 0.2) is 17.1 Å². The van der Waals surface area contributed by atoms with Gasteiger partial charge in [-0.15, -0.1) is 11.3 Å². The summed E-state index contributed by atoms with van der Waals surface area (Å²) >= 11 is 1.80. The van der Waals surface area contributed by atoms with Crippen molar-refractivity contribution in [3.63, 3.8) is 0 Å². The first-order valence-electron chi connectivity index (χ1n) is 11.7. The number of pyridine rings is 1. The van der Waals surface area contributed by atoms with Gasteiger partial charge in [0.1, 0.15) is 17.1 Å². The molecule has 8 nitrogen and oxygen atoms in total. The van der Waals surface area contributed by atoms with Crippen molar-refractivity contribution in [2.45, 2.75) is 72.1 Å². The van der Waals surface area contributed by atoms with Crippen LogP contribution in [0.2, 0.25) is 0 Å². The summed E-state index contributed by atoms with van der Waals surface area (Å²) in [5.41, 5.74) is 3.49. The minimum Gasteiger partial charge on any atom is -0.364 e. The number of anilines is 1. The van der Waals surface area contributed by atoms with Crippen molar-refractivity contribution < 1.29 is 0 Å². The first-order valence-corrected chi connectivity index (χ1v) is 12.5. The lowest BCUT2D eigenvalue weighted by Gasteiger charge is -2.49. The van der Waals surface area contributed by atoms with Gasteiger partial charge in [0.25, 0.3) is 5.56 Å². The van der Waals surface area contributed by atoms with Crippen LogP contribution in [0.3, 0.4) is 0 Å². The predicted octanol–water partition coefficient (Wildman–Crippen LogP) is 3.77. The Morgan fingerprint density at radius 3 is 2.58 bits per heavy atom. The number of nitriles is 1. The molecule has 1 unspecified atom stereocenters. The average Bonchev–Trinajstić information content (AvgIpc) is 3.38. The van der Waals surface area contributed by atoms with Crippen molar-refractivity contribution in [1.82, 2.24) is 24.2 Å². The third-order valence-corrected chi connectivity index (χ3v) is 8.30. The number of piperazine rings is 1. The lowest BCUT2D eigenvalue weighted by atomic mass is 9.99. The van der Waals surface area contributed by atoms with E-state index in [1.807, 2.05) is 0 Å². The number of aromatic nitrogens is 4. The molecular formula is C24H33N7OS. The van der Waals surface area contributed by atoms with E-state index in [4.69, 9.17) is 10.2 Å². The highest BCUT2D eigenvalue weighted by Gasteiger charge is 2.37. The molecule has 3 aromatic rings. The van der Waals surface area contributed by atoms with Crippen LogP contribution >= 0.6 is 11.3 Å². The molecule has 3 atom stereocenters. The number of fused-ring (bicyclic) bond motifs is 1. The monoisotopic (exact) mass is 467 g/mol. The van der Waals surface area contributed by atoms with Crippen molar-refractivity contribution in [1.29, 1.82) is 5.26 Å². The molecule has 0 aromatic carbocycles. The summed E-state index contributed by atoms with van der Waals surface area (Å²) in [5, 5.41) is 15.0. The van der Waals surface area contributed by atoms with Gasteiger partial charge in [-0.1, -0.05) is 13.8 Å². The molecule has 0 spiro atoms. The summed E-state index contributed by atoms with van der Waals surface area (Å²) in [6, 6.07) is 4.71. The van der Waals surface area contributed by atoms with Gasteiger partial charge in [0.15, 0.2) is 0 Å². The van der Waals surface area contributed by atoms with Gasteiger partial charge in [0.2, 0.25) is 0 Å². The van der Waals surface area contributed by atoms with Gasteiger partial charge in [0, 0.05) is 43.2 Å². The molecule has 0 amide bonds. The summed E-state index contributed by atoms with van der Waals surface area (Å²) in [4.78, 5) is 23.9. The zero-order chi connectivity index (χ0) is 23.9. The second-order valence-electron chi connectivity index (χ2n) is 8.99. The normalized spacial score (nSPS) is 20.3. The van der Waals surface area contributed by atoms with E-state index in [1.165, 1.54) is 9.88 Å². The molecule has 176 valence electrons. The lowest BCUT2D eigenvalue weighted by molar-refractivity contribution is 0.101. The largest absolute Gasteiger partial charge is 0.364 e. The van der Waals surface area contributed by atoms with Gasteiger partial charge in [0.05, 0.1) is 35.2 Å². The number of rotatable bonds is 6. The summed E-state index contributed by atoms with van der Waals surface area (Å²) in [6.07, 6.45) is 3.77. The van der Waals surface area contributed by atoms with Crippen molar-refractivity contribution in [2.75, 3.05) is 18.0 Å². The lowest BCUT2D eigenvalue weighted by Crippen LogP contribution is -2.58. The quantitative estimate of drug-likeness (QED) is 0.549. The van der Waals surface area contributed by atoms with E-state index in [0.717, 1.165) is 48.3 Å². The minimum atomic E-state index is -0.0542. The topological polar surface area (TPSA) is 83.0 Å². The Morgan fingerprint density at radius 2 is 1.97 bits per heavy atom. The number of hydrogen-bond acceptors (Lipinski definition) is 7. The highest BCUT2D eigenvalue weighted by Crippen LogP contribution is 2.35. The van der Waals surface area contributed by atoms with E-state index in [-0.39, 0.29) is 24.2 Å². The van der Waals surface area contributed by atoms with E-state index in [9.17, 15) is 4.79 Å². The fourth-order valence-electron chi connectivity index (χ4n) is 4.88. The van der Waals surface area contributed by atoms with Crippen LogP contribution in [-0.4, -0.2) is 49.4 Å². The second-order valence-corrected chi connectivity index (χ2v) is 10.2. The summed E-state index contributed by atoms with van der Waals surface area (Å²) in [5.74, 6) is 0. The maximum absolute atomic E-state index is 12.8. The van der Waals surface area contributed by atoms with Gasteiger partial charge >= 0.3 is 0 Å². The zero-order valence-electron chi connectivity index (χ0n) is 20.4. The molecule has 1 saturated heterocycles. The number of nitrogens with zero attached hydrogens (tertiary/aromatic N) is 7. The molecule has 0 bridgehead atoms. The van der Waals surface area contributed by atoms with Crippen LogP contribution in [0.4, 0.5) is 5.69 Å². The highest BCUT2D eigenvalue weighted by atomic mass is 32.1. The first-order chi connectivity index (χ1) is 15.8. The van der Waals surface area contributed by atoms with Gasteiger partial charge in [-0.3, -0.25) is 14.4 Å². The molecule has 3 aromatic heterocycles. The number of aryl methyl sites for hydroxylation is 3. The number of hydrogen-bond donors (Lipinski definition) is 0. The van der Waals surface area contributed by atoms with E-state index >= 15 is 0 Å². The Hall–Kier alpha value is -2.70. The minimum absolute atomic E-state index is 0.0542. The van der Waals surface area contributed by atoms with Crippen LogP contribution in [0.25, 0.3) is 11.0 Å². The molecule has 4 rings (SSSR count). The summed E-state index contributed by atoms with van der Waals surface area (Å²) in [7, 11) is 1.76. The van der Waals surface area contributed by atoms with Crippen LogP contribution in [-0.2, 0) is 13.6 Å². The van der Waals surface area contributed by atoms with E-state index < -0.39 is 0 Å². The standard InChI is InChI=1S/C24H33N7OS/c1-7-18-13-31(19(8-2)12-30(18)16(4)24-26-15(3)17(5)33-24)20-11-22(32)28(6)21-14-29(10-9-25)27-23(20)21/h11,14,16,18-19H,7-8,10,12-13H2,1-6H3/t16?,18-,19+/m1/s1. The molecule has 1 aliphatic heterocycles. The Bertz CT molecular complexity index is 1230. The Balaban J connectivity index is 1.73. The molecule has 1 aliphatic rings. The first kappa shape index (κ1) is 23.5. The fraction of sp³-hybridized carbons (Fsp3) is 0.583. The maximum Gasteiger partial charge on any atom is 0.252 e. The van der Waals surface area contributed by atoms with Gasteiger partial charge < -0.3 is 9.47 Å². The fourth-order valence-corrected chi connectivity index (χ4v) is 5.88. The summed E-state index contributed by atoms with van der Waals surface area (Å²) < 4.78 is 3.24. The van der Waals surface area contributed by atoms with Crippen molar-refractivity contribution in [3.8, 4) is 6.07 Å². The smallest absolute Gasteiger partial charge is 0.252 e. The van der Waals surface area contributed by atoms with Crippen LogP contribution in [0.5, 0.6) is 0 Å². The molecule has 1 fully saturated rings. The Morgan fingerprint density at radius 1 is 1.24 bits per heavy atom. The van der Waals surface area contributed by atoms with Crippen molar-refractivity contribution in [3.05, 3.63) is 38.2 Å². The molecule has 0 aliphatic carbocycles. The third-order valence-electron chi connectivity index (χ3n) is 7.06. The van der Waals surface area contributed by atoms with Crippen LogP contribution in [0.1, 0.15) is 55.2 Å². The van der Waals surface area contributed by atoms with Crippen LogP contribution in [0, 0.1) is 25.2 Å². The van der Waals surface area contributed by atoms with Crippen molar-refractivity contribution in [2.24, 2.45) is 7.05 Å². The maximum atomic E-state index is 12.8. The number of thiazole rings is 1. The van der Waals surface area contributed by atoms with Crippen molar-refractivity contribution >= 4 is 28.1 Å². The molecular weight excluding hydrogens is 434 g/mol. The second kappa shape index (κ2) is 9.27. The average molecular weight is 468 g/mol. The molecule has 0 saturated carbocycles. The SMILES string of the molecule is CC[C@H]1CN(C(C)c2nc(C)c(C)s2)[C@H](CC)CN1c1cc(=O)n(C)c2cn(CC#N)nc12. The van der Waals surface area contributed by atoms with Crippen LogP contribution < -0.4 is 10.5 Å². The van der Waals surface area contributed by atoms with Gasteiger partial charge in [-0.25, -0.2) is 4.98 Å². The highest BCUT2D eigenvalue weighted by molar-refractivity contribution is 7.11.